The minimum absolute atomic E-state index is 0.212. The van der Waals surface area contributed by atoms with Gasteiger partial charge >= 0.3 is 5.97 Å². The highest BCUT2D eigenvalue weighted by atomic mass is 35.5. The van der Waals surface area contributed by atoms with Crippen LogP contribution in [0, 0.1) is 0 Å². The summed E-state index contributed by atoms with van der Waals surface area (Å²) in [5.74, 6) is -0.447. The van der Waals surface area contributed by atoms with E-state index in [-0.39, 0.29) is 5.15 Å². The average molecular weight is 224 g/mol. The Hall–Kier alpha value is -1.75. The molecule has 0 aliphatic rings. The topological polar surface area (TPSA) is 65.0 Å². The number of nitrogens with zero attached hydrogens (tertiary/aromatic N) is 3. The van der Waals surface area contributed by atoms with Gasteiger partial charge in [0.15, 0.2) is 5.15 Å². The van der Waals surface area contributed by atoms with E-state index >= 15 is 0 Å². The van der Waals surface area contributed by atoms with E-state index in [1.807, 2.05) is 0 Å². The molecular formula is C9H6ClN3O2. The highest BCUT2D eigenvalue weighted by Crippen LogP contribution is 2.18. The van der Waals surface area contributed by atoms with E-state index < -0.39 is 5.97 Å². The Bertz CT molecular complexity index is 530. The molecule has 0 saturated heterocycles. The Balaban J connectivity index is 2.62. The van der Waals surface area contributed by atoms with Gasteiger partial charge in [-0.05, 0) is 6.07 Å². The van der Waals surface area contributed by atoms with Gasteiger partial charge in [0.2, 0.25) is 0 Å². The summed E-state index contributed by atoms with van der Waals surface area (Å²) in [7, 11) is 1.31. The zero-order chi connectivity index (χ0) is 10.8. The molecular weight excluding hydrogens is 218 g/mol. The molecule has 0 unspecified atom stereocenters. The van der Waals surface area contributed by atoms with Crippen molar-refractivity contribution >= 4 is 28.5 Å². The van der Waals surface area contributed by atoms with Crippen molar-refractivity contribution in [1.29, 1.82) is 0 Å². The van der Waals surface area contributed by atoms with Gasteiger partial charge in [-0.2, -0.15) is 5.10 Å². The maximum Gasteiger partial charge on any atom is 0.339 e. The summed E-state index contributed by atoms with van der Waals surface area (Å²) < 4.78 is 4.57. The minimum atomic E-state index is -0.447. The molecule has 2 rings (SSSR count). The van der Waals surface area contributed by atoms with Crippen molar-refractivity contribution in [3.05, 3.63) is 29.2 Å². The summed E-state index contributed by atoms with van der Waals surface area (Å²) >= 11 is 5.77. The van der Waals surface area contributed by atoms with Gasteiger partial charge < -0.3 is 4.74 Å². The van der Waals surface area contributed by atoms with Gasteiger partial charge in [0, 0.05) is 11.6 Å². The summed E-state index contributed by atoms with van der Waals surface area (Å²) in [5, 5.41) is 8.17. The first-order valence-electron chi connectivity index (χ1n) is 4.07. The predicted molar refractivity (Wildman–Crippen MR) is 53.7 cm³/mol. The van der Waals surface area contributed by atoms with E-state index in [0.29, 0.717) is 16.5 Å². The van der Waals surface area contributed by atoms with E-state index in [1.54, 1.807) is 6.07 Å². The van der Waals surface area contributed by atoms with Crippen molar-refractivity contribution < 1.29 is 9.53 Å². The summed E-state index contributed by atoms with van der Waals surface area (Å²) in [5.41, 5.74) is 0.869. The van der Waals surface area contributed by atoms with Crippen molar-refractivity contribution in [3.63, 3.8) is 0 Å². The number of carbonyl (C=O) groups excluding carboxylic acids is 1. The van der Waals surface area contributed by atoms with Gasteiger partial charge in [0.05, 0.1) is 18.9 Å². The maximum absolute atomic E-state index is 11.2. The van der Waals surface area contributed by atoms with Crippen LogP contribution in [-0.4, -0.2) is 28.3 Å². The number of carbonyl (C=O) groups is 1. The molecule has 0 fully saturated rings. The standard InChI is InChI=1S/C9H6ClN3O2/c1-15-9(14)6-2-5-4-12-13-8(10)7(5)11-3-6/h2-4H,1H3. The van der Waals surface area contributed by atoms with Gasteiger partial charge in [-0.1, -0.05) is 11.6 Å². The monoisotopic (exact) mass is 223 g/mol. The van der Waals surface area contributed by atoms with Crippen LogP contribution in [0.2, 0.25) is 5.15 Å². The van der Waals surface area contributed by atoms with E-state index in [0.717, 1.165) is 0 Å². The van der Waals surface area contributed by atoms with E-state index in [4.69, 9.17) is 11.6 Å². The van der Waals surface area contributed by atoms with Crippen LogP contribution < -0.4 is 0 Å². The molecule has 0 atom stereocenters. The number of ether oxygens (including phenoxy) is 1. The molecule has 0 amide bonds. The quantitative estimate of drug-likeness (QED) is 0.685. The molecule has 0 aromatic carbocycles. The van der Waals surface area contributed by atoms with Crippen LogP contribution in [0.15, 0.2) is 18.5 Å². The van der Waals surface area contributed by atoms with Gasteiger partial charge in [-0.25, -0.2) is 4.79 Å². The number of hydrogen-bond acceptors (Lipinski definition) is 5. The molecule has 0 bridgehead atoms. The molecule has 0 saturated carbocycles. The molecule has 0 spiro atoms. The lowest BCUT2D eigenvalue weighted by atomic mass is 10.2. The number of aromatic nitrogens is 3. The Morgan fingerprint density at radius 3 is 3.00 bits per heavy atom. The Morgan fingerprint density at radius 1 is 1.47 bits per heavy atom. The van der Waals surface area contributed by atoms with Crippen LogP contribution in [0.3, 0.4) is 0 Å². The second-order valence-corrected chi connectivity index (χ2v) is 3.15. The summed E-state index contributed by atoms with van der Waals surface area (Å²) in [6, 6.07) is 1.61. The van der Waals surface area contributed by atoms with Crippen LogP contribution in [0.4, 0.5) is 0 Å². The Labute approximate surface area is 90.0 Å². The minimum Gasteiger partial charge on any atom is -0.465 e. The number of methoxy groups -OCH3 is 1. The van der Waals surface area contributed by atoms with Crippen LogP contribution in [0.1, 0.15) is 10.4 Å². The first kappa shape index (κ1) is 9.79. The molecule has 2 heterocycles. The van der Waals surface area contributed by atoms with Crippen molar-refractivity contribution in [3.8, 4) is 0 Å². The predicted octanol–water partition coefficient (Wildman–Crippen LogP) is 1.46. The molecule has 15 heavy (non-hydrogen) atoms. The molecule has 0 radical (unpaired) electrons. The fourth-order valence-electron chi connectivity index (χ4n) is 1.17. The van der Waals surface area contributed by atoms with Crippen molar-refractivity contribution in [2.75, 3.05) is 7.11 Å². The lowest BCUT2D eigenvalue weighted by Crippen LogP contribution is -2.02. The lowest BCUT2D eigenvalue weighted by molar-refractivity contribution is 0.0600. The zero-order valence-electron chi connectivity index (χ0n) is 7.77. The van der Waals surface area contributed by atoms with Gasteiger partial charge in [-0.3, -0.25) is 4.98 Å². The van der Waals surface area contributed by atoms with Gasteiger partial charge in [-0.15, -0.1) is 5.10 Å². The molecule has 0 aliphatic carbocycles. The molecule has 2 aromatic rings. The third-order valence-electron chi connectivity index (χ3n) is 1.88. The van der Waals surface area contributed by atoms with Crippen molar-refractivity contribution in [2.45, 2.75) is 0 Å². The zero-order valence-corrected chi connectivity index (χ0v) is 8.52. The van der Waals surface area contributed by atoms with E-state index in [2.05, 4.69) is 19.9 Å². The smallest absolute Gasteiger partial charge is 0.339 e. The first-order valence-corrected chi connectivity index (χ1v) is 4.45. The van der Waals surface area contributed by atoms with Crippen molar-refractivity contribution in [1.82, 2.24) is 15.2 Å². The second-order valence-electron chi connectivity index (χ2n) is 2.79. The van der Waals surface area contributed by atoms with Crippen LogP contribution in [0.5, 0.6) is 0 Å². The van der Waals surface area contributed by atoms with E-state index in [1.165, 1.54) is 19.5 Å². The fraction of sp³-hybridized carbons (Fsp3) is 0.111. The first-order chi connectivity index (χ1) is 7.22. The van der Waals surface area contributed by atoms with Gasteiger partial charge in [0.1, 0.15) is 5.52 Å². The average Bonchev–Trinajstić information content (AvgIpc) is 2.28. The summed E-state index contributed by atoms with van der Waals surface area (Å²) in [6.45, 7) is 0. The number of pyridine rings is 1. The SMILES string of the molecule is COC(=O)c1cnc2c(Cl)nncc2c1. The molecule has 6 heteroatoms. The molecule has 2 aromatic heterocycles. The third kappa shape index (κ3) is 1.73. The van der Waals surface area contributed by atoms with E-state index in [9.17, 15) is 4.79 Å². The molecule has 0 aliphatic heterocycles. The summed E-state index contributed by atoms with van der Waals surface area (Å²) in [4.78, 5) is 15.2. The lowest BCUT2D eigenvalue weighted by Gasteiger charge is -2.01. The Kier molecular flexibility index (Phi) is 2.47. The van der Waals surface area contributed by atoms with Gasteiger partial charge in [0.25, 0.3) is 0 Å². The highest BCUT2D eigenvalue weighted by Gasteiger charge is 2.08. The molecule has 76 valence electrons. The highest BCUT2D eigenvalue weighted by molar-refractivity contribution is 6.33. The number of halogens is 1. The normalized spacial score (nSPS) is 10.3. The fourth-order valence-corrected chi connectivity index (χ4v) is 1.37. The van der Waals surface area contributed by atoms with Crippen LogP contribution in [-0.2, 0) is 4.74 Å². The van der Waals surface area contributed by atoms with Crippen molar-refractivity contribution in [2.24, 2.45) is 0 Å². The maximum atomic E-state index is 11.2. The van der Waals surface area contributed by atoms with Crippen LogP contribution >= 0.6 is 11.6 Å². The number of hydrogen-bond donors (Lipinski definition) is 0. The number of fused-ring (bicyclic) bond motifs is 1. The van der Waals surface area contributed by atoms with Crippen LogP contribution in [0.25, 0.3) is 10.9 Å². The number of rotatable bonds is 1. The molecule has 5 nitrogen and oxygen atoms in total. The number of esters is 1. The third-order valence-corrected chi connectivity index (χ3v) is 2.13. The summed E-state index contributed by atoms with van der Waals surface area (Å²) in [6.07, 6.45) is 2.88. The Morgan fingerprint density at radius 2 is 2.27 bits per heavy atom. The second kappa shape index (κ2) is 3.78. The largest absolute Gasteiger partial charge is 0.465 e. The molecule has 0 N–H and O–H groups in total.